The van der Waals surface area contributed by atoms with Gasteiger partial charge in [-0.25, -0.2) is 13.1 Å². The Morgan fingerprint density at radius 3 is 2.30 bits per heavy atom. The number of hydrogen-bond donors (Lipinski definition) is 2. The molecule has 0 spiro atoms. The van der Waals surface area contributed by atoms with Crippen molar-refractivity contribution in [3.05, 3.63) is 71.8 Å². The molecule has 27 heavy (non-hydrogen) atoms. The molecule has 0 atom stereocenters. The van der Waals surface area contributed by atoms with Crippen LogP contribution in [0.2, 0.25) is 0 Å². The first-order valence-corrected chi connectivity index (χ1v) is 9.80. The number of rotatable bonds is 6. The van der Waals surface area contributed by atoms with Crippen molar-refractivity contribution in [3.63, 3.8) is 0 Å². The first kappa shape index (κ1) is 18.9. The van der Waals surface area contributed by atoms with Crippen LogP contribution < -0.4 is 14.8 Å². The zero-order chi connectivity index (χ0) is 19.4. The Hall–Kier alpha value is -2.90. The molecule has 3 aromatic rings. The van der Waals surface area contributed by atoms with E-state index in [0.717, 1.165) is 22.1 Å². The summed E-state index contributed by atoms with van der Waals surface area (Å²) in [6.45, 7) is 0.372. The maximum atomic E-state index is 12.3. The van der Waals surface area contributed by atoms with Crippen LogP contribution in [0.1, 0.15) is 15.9 Å². The van der Waals surface area contributed by atoms with Gasteiger partial charge in [-0.05, 0) is 65.8 Å². The predicted molar refractivity (Wildman–Crippen MR) is 104 cm³/mol. The van der Waals surface area contributed by atoms with E-state index >= 15 is 0 Å². The Kier molecular flexibility index (Phi) is 5.43. The zero-order valence-electron chi connectivity index (χ0n) is 15.0. The molecule has 0 unspecified atom stereocenters. The van der Waals surface area contributed by atoms with Gasteiger partial charge in [-0.3, -0.25) is 4.79 Å². The Bertz CT molecular complexity index is 1080. The number of carbonyl (C=O) groups is 1. The largest absolute Gasteiger partial charge is 0.497 e. The smallest absolute Gasteiger partial charge is 0.251 e. The molecule has 0 aromatic heterocycles. The normalized spacial score (nSPS) is 11.3. The van der Waals surface area contributed by atoms with Gasteiger partial charge in [-0.15, -0.1) is 0 Å². The summed E-state index contributed by atoms with van der Waals surface area (Å²) in [6.07, 6.45) is 0. The molecule has 0 saturated carbocycles. The molecule has 7 heteroatoms. The van der Waals surface area contributed by atoms with Gasteiger partial charge >= 0.3 is 0 Å². The standard InChI is InChI=1S/C20H20N2O4S/c1-21-27(24,25)19-9-6-15(7-10-19)20(23)22-13-14-3-4-17-12-18(26-2)8-5-16(17)11-14/h3-12,21H,13H2,1-2H3,(H,22,23). The number of hydrogen-bond acceptors (Lipinski definition) is 4. The van der Waals surface area contributed by atoms with Gasteiger partial charge in [-0.2, -0.15) is 0 Å². The topological polar surface area (TPSA) is 84.5 Å². The molecule has 6 nitrogen and oxygen atoms in total. The van der Waals surface area contributed by atoms with Crippen molar-refractivity contribution in [2.24, 2.45) is 0 Å². The molecule has 0 aliphatic rings. The molecular formula is C20H20N2O4S. The van der Waals surface area contributed by atoms with Crippen molar-refractivity contribution in [2.75, 3.05) is 14.2 Å². The second-order valence-corrected chi connectivity index (χ2v) is 7.85. The number of ether oxygens (including phenoxy) is 1. The minimum absolute atomic E-state index is 0.117. The fourth-order valence-electron chi connectivity index (χ4n) is 2.70. The van der Waals surface area contributed by atoms with Gasteiger partial charge in [0.05, 0.1) is 12.0 Å². The van der Waals surface area contributed by atoms with Crippen LogP contribution in [0, 0.1) is 0 Å². The van der Waals surface area contributed by atoms with Crippen LogP contribution in [0.25, 0.3) is 10.8 Å². The summed E-state index contributed by atoms with van der Waals surface area (Å²) in [5.74, 6) is 0.533. The number of carbonyl (C=O) groups excluding carboxylic acids is 1. The van der Waals surface area contributed by atoms with Gasteiger partial charge in [0, 0.05) is 12.1 Å². The number of benzene rings is 3. The molecule has 1 amide bonds. The summed E-state index contributed by atoms with van der Waals surface area (Å²) >= 11 is 0. The third-order valence-corrected chi connectivity index (χ3v) is 5.69. The fraction of sp³-hybridized carbons (Fsp3) is 0.150. The Labute approximate surface area is 158 Å². The minimum atomic E-state index is -3.51. The van der Waals surface area contributed by atoms with Crippen molar-refractivity contribution in [1.29, 1.82) is 0 Å². The first-order valence-electron chi connectivity index (χ1n) is 8.31. The van der Waals surface area contributed by atoms with Crippen LogP contribution in [0.4, 0.5) is 0 Å². The molecule has 2 N–H and O–H groups in total. The summed E-state index contributed by atoms with van der Waals surface area (Å²) in [7, 11) is -0.539. The van der Waals surface area contributed by atoms with Crippen LogP contribution in [0.3, 0.4) is 0 Å². The SMILES string of the molecule is CNS(=O)(=O)c1ccc(C(=O)NCc2ccc3cc(OC)ccc3c2)cc1. The molecule has 0 bridgehead atoms. The van der Waals surface area contributed by atoms with E-state index < -0.39 is 10.0 Å². The van der Waals surface area contributed by atoms with Crippen molar-refractivity contribution in [3.8, 4) is 5.75 Å². The predicted octanol–water partition coefficient (Wildman–Crippen LogP) is 2.69. The summed E-state index contributed by atoms with van der Waals surface area (Å²) in [6, 6.07) is 17.6. The maximum Gasteiger partial charge on any atom is 0.251 e. The third kappa shape index (κ3) is 4.27. The maximum absolute atomic E-state index is 12.3. The lowest BCUT2D eigenvalue weighted by Gasteiger charge is -2.08. The summed E-state index contributed by atoms with van der Waals surface area (Å²) in [5.41, 5.74) is 1.37. The summed E-state index contributed by atoms with van der Waals surface area (Å²) < 4.78 is 30.9. The van der Waals surface area contributed by atoms with E-state index in [9.17, 15) is 13.2 Å². The first-order chi connectivity index (χ1) is 12.9. The van der Waals surface area contributed by atoms with Crippen molar-refractivity contribution >= 4 is 26.7 Å². The second kappa shape index (κ2) is 7.77. The van der Waals surface area contributed by atoms with E-state index in [4.69, 9.17) is 4.74 Å². The lowest BCUT2D eigenvalue weighted by molar-refractivity contribution is 0.0951. The number of amides is 1. The minimum Gasteiger partial charge on any atom is -0.497 e. The number of methoxy groups -OCH3 is 1. The van der Waals surface area contributed by atoms with Crippen LogP contribution in [0.15, 0.2) is 65.6 Å². The van der Waals surface area contributed by atoms with E-state index in [0.29, 0.717) is 12.1 Å². The highest BCUT2D eigenvalue weighted by Gasteiger charge is 2.12. The second-order valence-electron chi connectivity index (χ2n) is 5.96. The lowest BCUT2D eigenvalue weighted by atomic mass is 10.1. The van der Waals surface area contributed by atoms with Gasteiger partial charge in [-0.1, -0.05) is 18.2 Å². The molecule has 0 aliphatic heterocycles. The Morgan fingerprint density at radius 2 is 1.63 bits per heavy atom. The molecule has 0 fully saturated rings. The van der Waals surface area contributed by atoms with E-state index in [2.05, 4.69) is 10.0 Å². The summed E-state index contributed by atoms with van der Waals surface area (Å²) in [4.78, 5) is 12.4. The Morgan fingerprint density at radius 1 is 0.963 bits per heavy atom. The van der Waals surface area contributed by atoms with Crippen LogP contribution in [0.5, 0.6) is 5.75 Å². The highest BCUT2D eigenvalue weighted by atomic mass is 32.2. The van der Waals surface area contributed by atoms with Gasteiger partial charge in [0.25, 0.3) is 5.91 Å². The molecule has 3 rings (SSSR count). The van der Waals surface area contributed by atoms with E-state index in [1.165, 1.54) is 31.3 Å². The van der Waals surface area contributed by atoms with Gasteiger partial charge in [0.2, 0.25) is 10.0 Å². The van der Waals surface area contributed by atoms with Crippen molar-refractivity contribution in [2.45, 2.75) is 11.4 Å². The van der Waals surface area contributed by atoms with Gasteiger partial charge in [0.1, 0.15) is 5.75 Å². The quantitative estimate of drug-likeness (QED) is 0.684. The molecular weight excluding hydrogens is 364 g/mol. The van der Waals surface area contributed by atoms with Crippen LogP contribution in [-0.2, 0) is 16.6 Å². The average Bonchev–Trinajstić information content (AvgIpc) is 2.71. The number of sulfonamides is 1. The molecule has 0 heterocycles. The highest BCUT2D eigenvalue weighted by molar-refractivity contribution is 7.89. The number of fused-ring (bicyclic) bond motifs is 1. The fourth-order valence-corrected chi connectivity index (χ4v) is 3.43. The van der Waals surface area contributed by atoms with E-state index in [1.54, 1.807) is 7.11 Å². The monoisotopic (exact) mass is 384 g/mol. The highest BCUT2D eigenvalue weighted by Crippen LogP contribution is 2.22. The van der Waals surface area contributed by atoms with Gasteiger partial charge in [0.15, 0.2) is 0 Å². The lowest BCUT2D eigenvalue weighted by Crippen LogP contribution is -2.23. The Balaban J connectivity index is 1.69. The van der Waals surface area contributed by atoms with E-state index in [-0.39, 0.29) is 10.8 Å². The summed E-state index contributed by atoms with van der Waals surface area (Å²) in [5, 5.41) is 4.97. The molecule has 3 aromatic carbocycles. The molecule has 0 aliphatic carbocycles. The average molecular weight is 384 g/mol. The van der Waals surface area contributed by atoms with Crippen molar-refractivity contribution < 1.29 is 17.9 Å². The van der Waals surface area contributed by atoms with E-state index in [1.807, 2.05) is 36.4 Å². The zero-order valence-corrected chi connectivity index (χ0v) is 15.8. The number of nitrogens with one attached hydrogen (secondary N) is 2. The molecule has 0 radical (unpaired) electrons. The van der Waals surface area contributed by atoms with Gasteiger partial charge < -0.3 is 10.1 Å². The van der Waals surface area contributed by atoms with Crippen LogP contribution in [-0.4, -0.2) is 28.5 Å². The molecule has 0 saturated heterocycles. The van der Waals surface area contributed by atoms with Crippen LogP contribution >= 0.6 is 0 Å². The third-order valence-electron chi connectivity index (χ3n) is 4.26. The van der Waals surface area contributed by atoms with Crippen molar-refractivity contribution in [1.82, 2.24) is 10.0 Å². The molecule has 140 valence electrons.